The van der Waals surface area contributed by atoms with Crippen LogP contribution in [-0.2, 0) is 16.6 Å². The zero-order valence-corrected chi connectivity index (χ0v) is 16.6. The molecule has 3 aromatic rings. The van der Waals surface area contributed by atoms with Gasteiger partial charge >= 0.3 is 5.97 Å². The molecule has 0 radical (unpaired) electrons. The smallest absolute Gasteiger partial charge is 0.311 e. The van der Waals surface area contributed by atoms with Crippen molar-refractivity contribution in [1.82, 2.24) is 0 Å². The fourth-order valence-electron chi connectivity index (χ4n) is 3.26. The van der Waals surface area contributed by atoms with Crippen LogP contribution in [0.5, 0.6) is 11.5 Å². The molecule has 144 valence electrons. The van der Waals surface area contributed by atoms with Gasteiger partial charge in [0.15, 0.2) is 0 Å². The third-order valence-corrected chi connectivity index (χ3v) is 4.79. The molecule has 0 aromatic heterocycles. The van der Waals surface area contributed by atoms with Crippen LogP contribution in [0, 0.1) is 0 Å². The summed E-state index contributed by atoms with van der Waals surface area (Å²) in [6, 6.07) is 25.1. The Kier molecular flexibility index (Phi) is 5.84. The van der Waals surface area contributed by atoms with Crippen LogP contribution >= 0.6 is 0 Å². The van der Waals surface area contributed by atoms with Crippen LogP contribution in [0.3, 0.4) is 0 Å². The van der Waals surface area contributed by atoms with E-state index >= 15 is 0 Å². The number of rotatable bonds is 6. The molecule has 3 nitrogen and oxygen atoms in total. The molecule has 0 aliphatic heterocycles. The highest BCUT2D eigenvalue weighted by atomic mass is 16.5. The minimum atomic E-state index is -0.814. The van der Waals surface area contributed by atoms with Crippen LogP contribution in [-0.4, -0.2) is 11.1 Å². The van der Waals surface area contributed by atoms with Gasteiger partial charge in [0.1, 0.15) is 11.5 Å². The van der Waals surface area contributed by atoms with E-state index in [0.29, 0.717) is 6.42 Å². The summed E-state index contributed by atoms with van der Waals surface area (Å²) in [6.07, 6.45) is 0.443. The number of aliphatic carboxylic acids is 1. The first-order valence-electron chi connectivity index (χ1n) is 9.48. The zero-order valence-electron chi connectivity index (χ0n) is 16.6. The van der Waals surface area contributed by atoms with Crippen LogP contribution in [0.15, 0.2) is 78.9 Å². The lowest BCUT2D eigenvalue weighted by molar-refractivity contribution is -0.138. The summed E-state index contributed by atoms with van der Waals surface area (Å²) in [5.41, 5.74) is 2.91. The highest BCUT2D eigenvalue weighted by Crippen LogP contribution is 2.34. The molecule has 3 heteroatoms. The van der Waals surface area contributed by atoms with Gasteiger partial charge in [0.2, 0.25) is 0 Å². The van der Waals surface area contributed by atoms with Gasteiger partial charge in [-0.2, -0.15) is 0 Å². The van der Waals surface area contributed by atoms with Crippen molar-refractivity contribution in [3.05, 3.63) is 95.6 Å². The van der Waals surface area contributed by atoms with Crippen molar-refractivity contribution in [2.45, 2.75) is 38.5 Å². The van der Waals surface area contributed by atoms with Gasteiger partial charge < -0.3 is 9.84 Å². The molecule has 28 heavy (non-hydrogen) atoms. The number of carboxylic acids is 1. The predicted octanol–water partition coefficient (Wildman–Crippen LogP) is 6.19. The highest BCUT2D eigenvalue weighted by molar-refractivity contribution is 5.76. The summed E-state index contributed by atoms with van der Waals surface area (Å²) >= 11 is 0. The van der Waals surface area contributed by atoms with Crippen LogP contribution in [0.1, 0.15) is 43.4 Å². The van der Waals surface area contributed by atoms with Gasteiger partial charge in [-0.15, -0.1) is 0 Å². The van der Waals surface area contributed by atoms with E-state index in [1.165, 1.54) is 0 Å². The van der Waals surface area contributed by atoms with Gasteiger partial charge in [-0.25, -0.2) is 0 Å². The summed E-state index contributed by atoms with van der Waals surface area (Å²) in [5, 5.41) is 9.62. The molecule has 0 bridgehead atoms. The maximum atomic E-state index is 11.7. The molecule has 0 saturated heterocycles. The maximum absolute atomic E-state index is 11.7. The van der Waals surface area contributed by atoms with Crippen molar-refractivity contribution in [2.75, 3.05) is 0 Å². The number of para-hydroxylation sites is 1. The normalized spacial score (nSPS) is 12.4. The number of carboxylic acid groups (broad SMARTS) is 1. The Morgan fingerprint density at radius 1 is 0.893 bits per heavy atom. The minimum Gasteiger partial charge on any atom is -0.481 e. The number of hydrogen-bond acceptors (Lipinski definition) is 2. The summed E-state index contributed by atoms with van der Waals surface area (Å²) in [7, 11) is 0. The Morgan fingerprint density at radius 3 is 2.11 bits per heavy atom. The molecule has 0 aliphatic carbocycles. The first-order valence-corrected chi connectivity index (χ1v) is 9.48. The van der Waals surface area contributed by atoms with Crippen molar-refractivity contribution in [2.24, 2.45) is 0 Å². The molecule has 0 fully saturated rings. The van der Waals surface area contributed by atoms with Crippen molar-refractivity contribution in [3.63, 3.8) is 0 Å². The third-order valence-electron chi connectivity index (χ3n) is 4.79. The standard InChI is InChI=1S/C25H26O3/c1-25(2,3)22-11-7-8-12-23(22)28-20-15-13-18(14-16-20)17-21(24(26)27)19-9-5-4-6-10-19/h4-16,21H,17H2,1-3H3,(H,26,27). The lowest BCUT2D eigenvalue weighted by atomic mass is 9.86. The molecule has 0 saturated carbocycles. The zero-order chi connectivity index (χ0) is 20.1. The number of carbonyl (C=O) groups is 1. The van der Waals surface area contributed by atoms with E-state index < -0.39 is 11.9 Å². The fraction of sp³-hybridized carbons (Fsp3) is 0.240. The second-order valence-electron chi connectivity index (χ2n) is 8.00. The monoisotopic (exact) mass is 374 g/mol. The van der Waals surface area contributed by atoms with Crippen molar-refractivity contribution in [3.8, 4) is 11.5 Å². The van der Waals surface area contributed by atoms with Crippen molar-refractivity contribution in [1.29, 1.82) is 0 Å². The highest BCUT2D eigenvalue weighted by Gasteiger charge is 2.21. The van der Waals surface area contributed by atoms with E-state index in [4.69, 9.17) is 4.74 Å². The molecule has 3 aromatic carbocycles. The van der Waals surface area contributed by atoms with Gasteiger partial charge in [-0.05, 0) is 41.2 Å². The molecule has 1 unspecified atom stereocenters. The van der Waals surface area contributed by atoms with E-state index in [9.17, 15) is 9.90 Å². The molecule has 0 aliphatic rings. The van der Waals surface area contributed by atoms with Gasteiger partial charge in [-0.3, -0.25) is 4.79 Å². The van der Waals surface area contributed by atoms with Gasteiger partial charge in [0.25, 0.3) is 0 Å². The second-order valence-corrected chi connectivity index (χ2v) is 8.00. The molecule has 0 amide bonds. The predicted molar refractivity (Wildman–Crippen MR) is 112 cm³/mol. The maximum Gasteiger partial charge on any atom is 0.311 e. The first kappa shape index (κ1) is 19.7. The summed E-state index contributed by atoms with van der Waals surface area (Å²) in [4.78, 5) is 11.7. The van der Waals surface area contributed by atoms with Gasteiger partial charge in [0, 0.05) is 5.56 Å². The van der Waals surface area contributed by atoms with Crippen LogP contribution in [0.4, 0.5) is 0 Å². The Labute approximate surface area is 166 Å². The average Bonchev–Trinajstić information content (AvgIpc) is 2.67. The van der Waals surface area contributed by atoms with E-state index in [-0.39, 0.29) is 5.41 Å². The number of ether oxygens (including phenoxy) is 1. The van der Waals surface area contributed by atoms with Crippen LogP contribution in [0.25, 0.3) is 0 Å². The molecule has 0 heterocycles. The van der Waals surface area contributed by atoms with Crippen LogP contribution < -0.4 is 4.74 Å². The summed E-state index contributed by atoms with van der Waals surface area (Å²) in [6.45, 7) is 6.48. The number of hydrogen-bond donors (Lipinski definition) is 1. The van der Waals surface area contributed by atoms with Crippen LogP contribution in [0.2, 0.25) is 0 Å². The topological polar surface area (TPSA) is 46.5 Å². The van der Waals surface area contributed by atoms with E-state index in [1.54, 1.807) is 0 Å². The Hall–Kier alpha value is -3.07. The summed E-state index contributed by atoms with van der Waals surface area (Å²) in [5.74, 6) is 0.211. The van der Waals surface area contributed by atoms with Crippen molar-refractivity contribution < 1.29 is 14.6 Å². The molecular formula is C25H26O3. The Morgan fingerprint density at radius 2 is 1.50 bits per heavy atom. The molecule has 0 spiro atoms. The Balaban J connectivity index is 1.77. The third kappa shape index (κ3) is 4.80. The van der Waals surface area contributed by atoms with Gasteiger partial charge in [0.05, 0.1) is 5.92 Å². The Bertz CT molecular complexity index is 922. The SMILES string of the molecule is CC(C)(C)c1ccccc1Oc1ccc(CC(C(=O)O)c2ccccc2)cc1. The van der Waals surface area contributed by atoms with Crippen molar-refractivity contribution >= 4 is 5.97 Å². The second kappa shape index (κ2) is 8.30. The molecule has 1 N–H and O–H groups in total. The average molecular weight is 374 g/mol. The lowest BCUT2D eigenvalue weighted by Crippen LogP contribution is -2.14. The first-order chi connectivity index (χ1) is 13.3. The van der Waals surface area contributed by atoms with E-state index in [1.807, 2.05) is 72.8 Å². The quantitative estimate of drug-likeness (QED) is 0.560. The summed E-state index contributed by atoms with van der Waals surface area (Å²) < 4.78 is 6.11. The molecular weight excluding hydrogens is 348 g/mol. The number of benzene rings is 3. The van der Waals surface area contributed by atoms with E-state index in [2.05, 4.69) is 26.8 Å². The van der Waals surface area contributed by atoms with E-state index in [0.717, 1.165) is 28.2 Å². The lowest BCUT2D eigenvalue weighted by Gasteiger charge is -2.22. The van der Waals surface area contributed by atoms with Gasteiger partial charge in [-0.1, -0.05) is 81.4 Å². The fourth-order valence-corrected chi connectivity index (χ4v) is 3.26. The molecule has 1 atom stereocenters. The largest absolute Gasteiger partial charge is 0.481 e. The minimum absolute atomic E-state index is 0.0130. The molecule has 3 rings (SSSR count).